The Morgan fingerprint density at radius 1 is 1.00 bits per heavy atom. The molecule has 31 heavy (non-hydrogen) atoms. The maximum Gasteiger partial charge on any atom is 0.242 e. The molecular formula is C26H28N2O3. The van der Waals surface area contributed by atoms with Gasteiger partial charge >= 0.3 is 0 Å². The number of rotatable bonds is 6. The molecule has 2 aromatic rings. The topological polar surface area (TPSA) is 60.9 Å². The van der Waals surface area contributed by atoms with Crippen molar-refractivity contribution in [3.8, 4) is 0 Å². The smallest absolute Gasteiger partial charge is 0.242 e. The summed E-state index contributed by atoms with van der Waals surface area (Å²) in [6, 6.07) is 18.2. The van der Waals surface area contributed by atoms with Crippen molar-refractivity contribution in [2.45, 2.75) is 37.3 Å². The second-order valence-electron chi connectivity index (χ2n) is 8.98. The number of amides is 2. The normalized spacial score (nSPS) is 25.5. The van der Waals surface area contributed by atoms with Gasteiger partial charge in [-0.25, -0.2) is 0 Å². The summed E-state index contributed by atoms with van der Waals surface area (Å²) in [6.07, 6.45) is 6.99. The number of fused-ring (bicyclic) bond motifs is 1. The van der Waals surface area contributed by atoms with E-state index in [0.29, 0.717) is 18.9 Å². The minimum absolute atomic E-state index is 0.0434. The molecule has 2 aliphatic heterocycles. The van der Waals surface area contributed by atoms with E-state index in [1.807, 2.05) is 18.2 Å². The van der Waals surface area contributed by atoms with E-state index in [1.165, 1.54) is 0 Å². The summed E-state index contributed by atoms with van der Waals surface area (Å²) in [6.45, 7) is 0.654. The summed E-state index contributed by atoms with van der Waals surface area (Å²) in [7, 11) is 0. The second kappa shape index (κ2) is 8.31. The van der Waals surface area contributed by atoms with Crippen LogP contribution in [0.3, 0.4) is 0 Å². The Morgan fingerprint density at radius 2 is 1.68 bits per heavy atom. The standard InChI is InChI=1S/C26H28N2O3/c29-17-23-26(21-12-10-19(11-13-21)7-6-18-4-2-1-3-5-18)22-15-27(16-25(31)28(22)23)24(30)14-20-8-9-20/h1-7,10-13,20,22-23,26,29H,8-9,14-17H2/t22-,23+,26-/m0/s1. The van der Waals surface area contributed by atoms with Crippen LogP contribution in [0, 0.1) is 5.92 Å². The van der Waals surface area contributed by atoms with Gasteiger partial charge in [-0.05, 0) is 35.4 Å². The Morgan fingerprint density at radius 3 is 2.32 bits per heavy atom. The summed E-state index contributed by atoms with van der Waals surface area (Å²) in [4.78, 5) is 28.8. The van der Waals surface area contributed by atoms with Gasteiger partial charge in [0.25, 0.3) is 0 Å². The molecule has 2 saturated heterocycles. The fourth-order valence-corrected chi connectivity index (χ4v) is 4.97. The number of piperazine rings is 1. The molecule has 160 valence electrons. The highest BCUT2D eigenvalue weighted by Crippen LogP contribution is 2.43. The van der Waals surface area contributed by atoms with Crippen molar-refractivity contribution < 1.29 is 14.7 Å². The molecule has 3 fully saturated rings. The quantitative estimate of drug-likeness (QED) is 0.736. The van der Waals surface area contributed by atoms with Crippen molar-refractivity contribution in [2.75, 3.05) is 19.7 Å². The molecule has 0 aromatic heterocycles. The monoisotopic (exact) mass is 416 g/mol. The summed E-state index contributed by atoms with van der Waals surface area (Å²) in [5, 5.41) is 9.96. The highest BCUT2D eigenvalue weighted by Gasteiger charge is 2.54. The van der Waals surface area contributed by atoms with E-state index in [4.69, 9.17) is 0 Å². The fourth-order valence-electron chi connectivity index (χ4n) is 4.97. The predicted molar refractivity (Wildman–Crippen MR) is 120 cm³/mol. The van der Waals surface area contributed by atoms with E-state index in [1.54, 1.807) is 9.80 Å². The van der Waals surface area contributed by atoms with Crippen molar-refractivity contribution in [2.24, 2.45) is 5.92 Å². The lowest BCUT2D eigenvalue weighted by molar-refractivity contribution is -0.167. The van der Waals surface area contributed by atoms with Crippen molar-refractivity contribution in [1.29, 1.82) is 0 Å². The van der Waals surface area contributed by atoms with Crippen LogP contribution in [0.2, 0.25) is 0 Å². The van der Waals surface area contributed by atoms with Crippen LogP contribution in [-0.2, 0) is 9.59 Å². The number of carbonyl (C=O) groups excluding carboxylic acids is 2. The minimum Gasteiger partial charge on any atom is -0.394 e. The zero-order valence-electron chi connectivity index (χ0n) is 17.6. The van der Waals surface area contributed by atoms with Gasteiger partial charge in [-0.3, -0.25) is 9.59 Å². The summed E-state index contributed by atoms with van der Waals surface area (Å²) in [5.41, 5.74) is 3.37. The van der Waals surface area contributed by atoms with Crippen LogP contribution in [0.5, 0.6) is 0 Å². The molecule has 1 N–H and O–H groups in total. The van der Waals surface area contributed by atoms with Gasteiger partial charge in [0.05, 0.1) is 25.2 Å². The first-order valence-corrected chi connectivity index (χ1v) is 11.2. The predicted octanol–water partition coefficient (Wildman–Crippen LogP) is 3.15. The Kier molecular flexibility index (Phi) is 5.36. The van der Waals surface area contributed by atoms with Gasteiger partial charge in [0, 0.05) is 18.9 Å². The molecule has 0 unspecified atom stereocenters. The van der Waals surface area contributed by atoms with E-state index in [2.05, 4.69) is 48.6 Å². The Bertz CT molecular complexity index is 981. The lowest BCUT2D eigenvalue weighted by atomic mass is 9.73. The largest absolute Gasteiger partial charge is 0.394 e. The number of benzene rings is 2. The van der Waals surface area contributed by atoms with E-state index in [-0.39, 0.29) is 43.0 Å². The van der Waals surface area contributed by atoms with Crippen molar-refractivity contribution >= 4 is 24.0 Å². The molecule has 3 aliphatic rings. The van der Waals surface area contributed by atoms with E-state index in [0.717, 1.165) is 29.5 Å². The first kappa shape index (κ1) is 20.0. The summed E-state index contributed by atoms with van der Waals surface area (Å²) >= 11 is 0. The zero-order valence-corrected chi connectivity index (χ0v) is 17.6. The molecule has 5 nitrogen and oxygen atoms in total. The zero-order chi connectivity index (χ0) is 21.4. The molecule has 5 rings (SSSR count). The molecule has 0 spiro atoms. The molecule has 2 amide bonds. The van der Waals surface area contributed by atoms with Crippen molar-refractivity contribution in [1.82, 2.24) is 9.80 Å². The first-order valence-electron chi connectivity index (χ1n) is 11.2. The van der Waals surface area contributed by atoms with Gasteiger partial charge in [-0.1, -0.05) is 66.7 Å². The van der Waals surface area contributed by atoms with Crippen LogP contribution in [-0.4, -0.2) is 58.5 Å². The van der Waals surface area contributed by atoms with Gasteiger partial charge in [-0.15, -0.1) is 0 Å². The Balaban J connectivity index is 1.30. The second-order valence-corrected chi connectivity index (χ2v) is 8.98. The highest BCUT2D eigenvalue weighted by molar-refractivity contribution is 5.88. The van der Waals surface area contributed by atoms with Crippen molar-refractivity contribution in [3.05, 3.63) is 71.3 Å². The molecule has 5 heteroatoms. The molecule has 2 aromatic carbocycles. The van der Waals surface area contributed by atoms with Crippen molar-refractivity contribution in [3.63, 3.8) is 0 Å². The van der Waals surface area contributed by atoms with E-state index < -0.39 is 0 Å². The SMILES string of the molecule is O=C(CC1CC1)N1CC(=O)N2[C@H](CO)[C@@H](c3ccc(C=Cc4ccccc4)cc3)[C@@H]2C1. The van der Waals surface area contributed by atoms with Gasteiger partial charge in [0.1, 0.15) is 0 Å². The molecule has 0 radical (unpaired) electrons. The summed E-state index contributed by atoms with van der Waals surface area (Å²) in [5.74, 6) is 0.623. The average molecular weight is 417 g/mol. The maximum atomic E-state index is 12.7. The molecule has 1 saturated carbocycles. The number of carbonyl (C=O) groups is 2. The highest BCUT2D eigenvalue weighted by atomic mass is 16.3. The first-order chi connectivity index (χ1) is 15.1. The Hall–Kier alpha value is -2.92. The lowest BCUT2D eigenvalue weighted by Crippen LogP contribution is -2.73. The molecule has 0 bridgehead atoms. The number of aliphatic hydroxyl groups is 1. The minimum atomic E-state index is -0.205. The third kappa shape index (κ3) is 4.02. The van der Waals surface area contributed by atoms with Crippen LogP contribution in [0.1, 0.15) is 41.9 Å². The Labute approximate surface area is 183 Å². The van der Waals surface area contributed by atoms with Crippen LogP contribution in [0.15, 0.2) is 54.6 Å². The number of aliphatic hydroxyl groups excluding tert-OH is 1. The van der Waals surface area contributed by atoms with E-state index >= 15 is 0 Å². The maximum absolute atomic E-state index is 12.7. The fraction of sp³-hybridized carbons (Fsp3) is 0.385. The van der Waals surface area contributed by atoms with Crippen LogP contribution in [0.4, 0.5) is 0 Å². The van der Waals surface area contributed by atoms with Gasteiger partial charge in [0.2, 0.25) is 11.8 Å². The van der Waals surface area contributed by atoms with Crippen LogP contribution < -0.4 is 0 Å². The third-order valence-corrected chi connectivity index (χ3v) is 6.85. The van der Waals surface area contributed by atoms with Gasteiger partial charge in [-0.2, -0.15) is 0 Å². The summed E-state index contributed by atoms with van der Waals surface area (Å²) < 4.78 is 0. The molecule has 1 aliphatic carbocycles. The lowest BCUT2D eigenvalue weighted by Gasteiger charge is -2.58. The number of hydrogen-bond donors (Lipinski definition) is 1. The molecule has 2 heterocycles. The van der Waals surface area contributed by atoms with E-state index in [9.17, 15) is 14.7 Å². The van der Waals surface area contributed by atoms with Gasteiger partial charge in [0.15, 0.2) is 0 Å². The molecule has 3 atom stereocenters. The average Bonchev–Trinajstić information content (AvgIpc) is 3.59. The third-order valence-electron chi connectivity index (χ3n) is 6.85. The van der Waals surface area contributed by atoms with Gasteiger partial charge < -0.3 is 14.9 Å². The molecular weight excluding hydrogens is 388 g/mol. The van der Waals surface area contributed by atoms with Crippen LogP contribution in [0.25, 0.3) is 12.2 Å². The van der Waals surface area contributed by atoms with Crippen LogP contribution >= 0.6 is 0 Å². The number of nitrogens with zero attached hydrogens (tertiary/aromatic N) is 2. The number of hydrogen-bond acceptors (Lipinski definition) is 3.